The molecule has 114 valence electrons. The summed E-state index contributed by atoms with van der Waals surface area (Å²) in [5.74, 6) is 0. The molecule has 0 aliphatic carbocycles. The van der Waals surface area contributed by atoms with E-state index in [0.29, 0.717) is 6.07 Å². The molecule has 1 atom stereocenters. The molecule has 1 aromatic rings. The minimum atomic E-state index is -4.84. The predicted octanol–water partition coefficient (Wildman–Crippen LogP) is 2.41. The lowest BCUT2D eigenvalue weighted by molar-refractivity contribution is -0.139. The molecule has 0 spiro atoms. The molecule has 0 aliphatic rings. The number of hydrogen-bond acceptors (Lipinski definition) is 3. The van der Waals surface area contributed by atoms with Crippen molar-refractivity contribution in [2.24, 2.45) is 0 Å². The zero-order valence-electron chi connectivity index (χ0n) is 10.4. The Kier molecular flexibility index (Phi) is 5.42. The Hall–Kier alpha value is -0.830. The number of alkyl halides is 3. The van der Waals surface area contributed by atoms with Crippen molar-refractivity contribution < 1.29 is 26.7 Å². The van der Waals surface area contributed by atoms with E-state index in [1.807, 2.05) is 0 Å². The summed E-state index contributed by atoms with van der Waals surface area (Å²) >= 11 is 5.48. The van der Waals surface area contributed by atoms with Crippen LogP contribution in [-0.4, -0.2) is 26.2 Å². The summed E-state index contributed by atoms with van der Waals surface area (Å²) in [6.07, 6.45) is -4.75. The van der Waals surface area contributed by atoms with Gasteiger partial charge in [-0.15, -0.1) is 0 Å². The number of halogens is 4. The summed E-state index contributed by atoms with van der Waals surface area (Å²) in [5.41, 5.74) is -1.33. The molecular weight excluding hydrogens is 319 g/mol. The highest BCUT2D eigenvalue weighted by atomic mass is 35.5. The fourth-order valence-electron chi connectivity index (χ4n) is 1.54. The van der Waals surface area contributed by atoms with Crippen LogP contribution in [0.15, 0.2) is 23.1 Å². The molecule has 1 rings (SSSR count). The van der Waals surface area contributed by atoms with Crippen molar-refractivity contribution in [3.05, 3.63) is 28.8 Å². The Morgan fingerprint density at radius 1 is 1.40 bits per heavy atom. The van der Waals surface area contributed by atoms with Crippen LogP contribution in [0.2, 0.25) is 5.02 Å². The molecule has 0 saturated heterocycles. The van der Waals surface area contributed by atoms with Gasteiger partial charge in [-0.1, -0.05) is 11.6 Å². The van der Waals surface area contributed by atoms with Crippen molar-refractivity contribution in [2.75, 3.05) is 6.61 Å². The van der Waals surface area contributed by atoms with Gasteiger partial charge in [-0.3, -0.25) is 0 Å². The summed E-state index contributed by atoms with van der Waals surface area (Å²) in [5, 5.41) is 8.48. The van der Waals surface area contributed by atoms with Gasteiger partial charge in [0.2, 0.25) is 10.0 Å². The minimum Gasteiger partial charge on any atom is -0.396 e. The van der Waals surface area contributed by atoms with Crippen molar-refractivity contribution in [3.8, 4) is 0 Å². The first-order valence-electron chi connectivity index (χ1n) is 5.58. The molecule has 2 N–H and O–H groups in total. The van der Waals surface area contributed by atoms with Crippen molar-refractivity contribution >= 4 is 21.6 Å². The summed E-state index contributed by atoms with van der Waals surface area (Å²) < 4.78 is 64.6. The molecule has 0 bridgehead atoms. The highest BCUT2D eigenvalue weighted by molar-refractivity contribution is 7.89. The topological polar surface area (TPSA) is 66.4 Å². The van der Waals surface area contributed by atoms with Crippen molar-refractivity contribution in [3.63, 3.8) is 0 Å². The molecule has 20 heavy (non-hydrogen) atoms. The summed E-state index contributed by atoms with van der Waals surface area (Å²) in [6.45, 7) is 1.16. The van der Waals surface area contributed by atoms with Crippen LogP contribution in [0.25, 0.3) is 0 Å². The third-order valence-electron chi connectivity index (χ3n) is 2.45. The zero-order valence-corrected chi connectivity index (χ0v) is 12.0. The number of aliphatic hydroxyl groups excluding tert-OH is 1. The molecule has 1 unspecified atom stereocenters. The number of hydrogen-bond donors (Lipinski definition) is 2. The molecule has 0 saturated carbocycles. The normalized spacial score (nSPS) is 14.3. The Morgan fingerprint density at radius 2 is 2.00 bits per heavy atom. The van der Waals surface area contributed by atoms with Crippen molar-refractivity contribution in [1.29, 1.82) is 0 Å². The van der Waals surface area contributed by atoms with Crippen LogP contribution in [0, 0.1) is 0 Å². The molecule has 0 aromatic heterocycles. The molecule has 1 aromatic carbocycles. The first kappa shape index (κ1) is 17.2. The number of rotatable bonds is 5. The van der Waals surface area contributed by atoms with Crippen LogP contribution >= 0.6 is 11.6 Å². The molecule has 0 fully saturated rings. The van der Waals surface area contributed by atoms with Gasteiger partial charge in [-0.2, -0.15) is 13.2 Å². The van der Waals surface area contributed by atoms with Crippen LogP contribution in [0.1, 0.15) is 18.9 Å². The molecule has 9 heteroatoms. The second kappa shape index (κ2) is 6.30. The maximum Gasteiger partial charge on any atom is 0.417 e. The van der Waals surface area contributed by atoms with E-state index in [2.05, 4.69) is 4.72 Å². The van der Waals surface area contributed by atoms with Gasteiger partial charge in [0, 0.05) is 17.7 Å². The summed E-state index contributed by atoms with van der Waals surface area (Å²) in [7, 11) is -4.35. The quantitative estimate of drug-likeness (QED) is 0.870. The van der Waals surface area contributed by atoms with Gasteiger partial charge >= 0.3 is 6.18 Å². The lowest BCUT2D eigenvalue weighted by Crippen LogP contribution is -2.34. The predicted molar refractivity (Wildman–Crippen MR) is 67.9 cm³/mol. The average molecular weight is 332 g/mol. The minimum absolute atomic E-state index is 0.0914. The van der Waals surface area contributed by atoms with Gasteiger partial charge in [0.15, 0.2) is 0 Å². The SMILES string of the molecule is CC(CCO)NS(=O)(=O)c1ccc(Cl)cc1C(F)(F)F. The van der Waals surface area contributed by atoms with Crippen LogP contribution in [0.3, 0.4) is 0 Å². The van der Waals surface area contributed by atoms with E-state index in [9.17, 15) is 21.6 Å². The van der Waals surface area contributed by atoms with E-state index in [1.165, 1.54) is 6.92 Å². The Labute approximate surface area is 119 Å². The summed E-state index contributed by atoms with van der Waals surface area (Å²) in [6, 6.07) is 1.75. The van der Waals surface area contributed by atoms with E-state index < -0.39 is 32.7 Å². The Bertz CT molecular complexity index is 575. The van der Waals surface area contributed by atoms with Gasteiger partial charge in [0.25, 0.3) is 0 Å². The van der Waals surface area contributed by atoms with E-state index in [4.69, 9.17) is 16.7 Å². The Morgan fingerprint density at radius 3 is 2.50 bits per heavy atom. The molecule has 0 radical (unpaired) electrons. The average Bonchev–Trinajstić information content (AvgIpc) is 2.26. The van der Waals surface area contributed by atoms with Gasteiger partial charge in [-0.05, 0) is 31.5 Å². The summed E-state index contributed by atoms with van der Waals surface area (Å²) in [4.78, 5) is -0.890. The van der Waals surface area contributed by atoms with Crippen molar-refractivity contribution in [2.45, 2.75) is 30.5 Å². The Balaban J connectivity index is 3.25. The largest absolute Gasteiger partial charge is 0.417 e. The molecule has 4 nitrogen and oxygen atoms in total. The van der Waals surface area contributed by atoms with Crippen LogP contribution in [0.4, 0.5) is 13.2 Å². The lowest BCUT2D eigenvalue weighted by atomic mass is 10.2. The highest BCUT2D eigenvalue weighted by Crippen LogP contribution is 2.35. The number of sulfonamides is 1. The van der Waals surface area contributed by atoms with Crippen LogP contribution in [-0.2, 0) is 16.2 Å². The van der Waals surface area contributed by atoms with E-state index in [0.717, 1.165) is 12.1 Å². The maximum atomic E-state index is 12.9. The zero-order chi connectivity index (χ0) is 15.6. The maximum absolute atomic E-state index is 12.9. The second-order valence-corrected chi connectivity index (χ2v) is 6.29. The van der Waals surface area contributed by atoms with Crippen LogP contribution < -0.4 is 4.72 Å². The third-order valence-corrected chi connectivity index (χ3v) is 4.34. The van der Waals surface area contributed by atoms with Gasteiger partial charge in [-0.25, -0.2) is 13.1 Å². The number of aliphatic hydroxyl groups is 1. The third kappa shape index (κ3) is 4.34. The fraction of sp³-hybridized carbons (Fsp3) is 0.455. The van der Waals surface area contributed by atoms with Crippen LogP contribution in [0.5, 0.6) is 0 Å². The lowest BCUT2D eigenvalue weighted by Gasteiger charge is -2.17. The van der Waals surface area contributed by atoms with E-state index in [1.54, 1.807) is 0 Å². The van der Waals surface area contributed by atoms with Crippen molar-refractivity contribution in [1.82, 2.24) is 4.72 Å². The van der Waals surface area contributed by atoms with Gasteiger partial charge in [0.1, 0.15) is 0 Å². The molecule has 0 amide bonds. The molecule has 0 heterocycles. The fourth-order valence-corrected chi connectivity index (χ4v) is 3.20. The van der Waals surface area contributed by atoms with Gasteiger partial charge < -0.3 is 5.11 Å². The smallest absolute Gasteiger partial charge is 0.396 e. The standard InChI is InChI=1S/C11H13ClF3NO3S/c1-7(4-5-17)16-20(18,19)10-3-2-8(12)6-9(10)11(13,14)15/h2-3,6-7,16-17H,4-5H2,1H3. The van der Waals surface area contributed by atoms with E-state index in [-0.39, 0.29) is 18.1 Å². The van der Waals surface area contributed by atoms with Gasteiger partial charge in [0.05, 0.1) is 10.5 Å². The number of nitrogens with one attached hydrogen (secondary N) is 1. The number of benzene rings is 1. The van der Waals surface area contributed by atoms with E-state index >= 15 is 0 Å². The highest BCUT2D eigenvalue weighted by Gasteiger charge is 2.37. The first-order valence-corrected chi connectivity index (χ1v) is 7.44. The second-order valence-electron chi connectivity index (χ2n) is 4.17. The molecular formula is C11H13ClF3NO3S. The monoisotopic (exact) mass is 331 g/mol. The molecule has 0 aliphatic heterocycles. The first-order chi connectivity index (χ1) is 9.08.